The molecule has 0 atom stereocenters. The molecule has 5 rings (SSSR count). The maximum Gasteiger partial charge on any atom is 0.258 e. The molecular formula is C21H26N6O. The van der Waals surface area contributed by atoms with Gasteiger partial charge < -0.3 is 14.8 Å². The van der Waals surface area contributed by atoms with Crippen LogP contribution in [-0.2, 0) is 0 Å². The SMILES string of the molecule is CN1CN(C2CCC(CNC3(C#N)CC3)CC2)c2c(cnc3[nH]ccc23)C1=O. The zero-order valence-corrected chi connectivity index (χ0v) is 16.2. The van der Waals surface area contributed by atoms with Crippen LogP contribution in [-0.4, -0.2) is 52.6 Å². The lowest BCUT2D eigenvalue weighted by molar-refractivity contribution is 0.0774. The van der Waals surface area contributed by atoms with Crippen molar-refractivity contribution in [2.45, 2.75) is 50.1 Å². The summed E-state index contributed by atoms with van der Waals surface area (Å²) in [5.74, 6) is 0.682. The number of aromatic amines is 1. The Labute approximate surface area is 164 Å². The predicted molar refractivity (Wildman–Crippen MR) is 107 cm³/mol. The summed E-state index contributed by atoms with van der Waals surface area (Å²) in [6.07, 6.45) is 10.1. The molecule has 2 N–H and O–H groups in total. The van der Waals surface area contributed by atoms with E-state index in [1.54, 1.807) is 11.1 Å². The molecule has 0 saturated heterocycles. The topological polar surface area (TPSA) is 88.0 Å². The van der Waals surface area contributed by atoms with E-state index in [0.717, 1.165) is 61.8 Å². The van der Waals surface area contributed by atoms with Gasteiger partial charge in [0.2, 0.25) is 0 Å². The Morgan fingerprint density at radius 1 is 1.36 bits per heavy atom. The molecule has 2 aromatic heterocycles. The second-order valence-electron chi connectivity index (χ2n) is 8.62. The zero-order valence-electron chi connectivity index (χ0n) is 16.2. The summed E-state index contributed by atoms with van der Waals surface area (Å²) in [6.45, 7) is 1.57. The van der Waals surface area contributed by atoms with Gasteiger partial charge >= 0.3 is 0 Å². The molecule has 2 fully saturated rings. The smallest absolute Gasteiger partial charge is 0.258 e. The molecule has 2 saturated carbocycles. The molecule has 2 aliphatic carbocycles. The molecule has 1 aliphatic heterocycles. The Morgan fingerprint density at radius 2 is 2.14 bits per heavy atom. The zero-order chi connectivity index (χ0) is 19.3. The monoisotopic (exact) mass is 378 g/mol. The number of hydrogen-bond donors (Lipinski definition) is 2. The molecule has 2 aromatic rings. The van der Waals surface area contributed by atoms with Crippen molar-refractivity contribution in [1.82, 2.24) is 20.2 Å². The number of carbonyl (C=O) groups is 1. The number of H-pyrrole nitrogens is 1. The molecule has 3 heterocycles. The van der Waals surface area contributed by atoms with Crippen LogP contribution in [0.1, 0.15) is 48.9 Å². The second-order valence-corrected chi connectivity index (χ2v) is 8.62. The number of nitrogens with one attached hydrogen (secondary N) is 2. The van der Waals surface area contributed by atoms with E-state index in [1.165, 1.54) is 0 Å². The van der Waals surface area contributed by atoms with Crippen LogP contribution in [0.5, 0.6) is 0 Å². The number of pyridine rings is 1. The highest BCUT2D eigenvalue weighted by Gasteiger charge is 2.43. The number of amides is 1. The van der Waals surface area contributed by atoms with Gasteiger partial charge in [0.1, 0.15) is 11.2 Å². The third kappa shape index (κ3) is 2.83. The van der Waals surface area contributed by atoms with E-state index in [0.29, 0.717) is 24.2 Å². The number of aromatic nitrogens is 2. The highest BCUT2D eigenvalue weighted by atomic mass is 16.2. The van der Waals surface area contributed by atoms with Crippen LogP contribution in [0, 0.1) is 17.2 Å². The number of nitriles is 1. The summed E-state index contributed by atoms with van der Waals surface area (Å²) in [6, 6.07) is 4.88. The molecule has 7 heteroatoms. The molecular weight excluding hydrogens is 352 g/mol. The molecule has 0 radical (unpaired) electrons. The highest BCUT2D eigenvalue weighted by Crippen LogP contribution is 2.39. The van der Waals surface area contributed by atoms with Crippen LogP contribution in [0.25, 0.3) is 11.0 Å². The van der Waals surface area contributed by atoms with Gasteiger partial charge in [0.05, 0.1) is 24.0 Å². The average Bonchev–Trinajstić information content (AvgIpc) is 3.35. The van der Waals surface area contributed by atoms with Crippen LogP contribution in [0.3, 0.4) is 0 Å². The van der Waals surface area contributed by atoms with Crippen LogP contribution in [0.15, 0.2) is 18.5 Å². The lowest BCUT2D eigenvalue weighted by Crippen LogP contribution is -2.50. The normalized spacial score (nSPS) is 26.2. The number of hydrogen-bond acceptors (Lipinski definition) is 5. The van der Waals surface area contributed by atoms with Gasteiger partial charge in [0.15, 0.2) is 0 Å². The lowest BCUT2D eigenvalue weighted by atomic mass is 9.84. The molecule has 3 aliphatic rings. The van der Waals surface area contributed by atoms with Crippen molar-refractivity contribution >= 4 is 22.6 Å². The fourth-order valence-corrected chi connectivity index (χ4v) is 4.78. The maximum atomic E-state index is 12.7. The number of fused-ring (bicyclic) bond motifs is 3. The van der Waals surface area contributed by atoms with E-state index in [-0.39, 0.29) is 11.4 Å². The summed E-state index contributed by atoms with van der Waals surface area (Å²) >= 11 is 0. The van der Waals surface area contributed by atoms with Crippen molar-refractivity contribution in [3.63, 3.8) is 0 Å². The van der Waals surface area contributed by atoms with Gasteiger partial charge in [0, 0.05) is 30.9 Å². The van der Waals surface area contributed by atoms with Crippen LogP contribution in [0.2, 0.25) is 0 Å². The first-order chi connectivity index (χ1) is 13.6. The van der Waals surface area contributed by atoms with E-state index in [1.807, 2.05) is 19.3 Å². The first kappa shape index (κ1) is 17.5. The fraction of sp³-hybridized carbons (Fsp3) is 0.571. The molecule has 0 unspecified atom stereocenters. The van der Waals surface area contributed by atoms with Crippen LogP contribution < -0.4 is 10.2 Å². The van der Waals surface area contributed by atoms with Gasteiger partial charge in [-0.1, -0.05) is 0 Å². The molecule has 146 valence electrons. The van der Waals surface area contributed by atoms with Crippen molar-refractivity contribution in [3.8, 4) is 6.07 Å². The highest BCUT2D eigenvalue weighted by molar-refractivity contribution is 6.08. The van der Waals surface area contributed by atoms with Gasteiger partial charge in [-0.25, -0.2) is 4.98 Å². The molecule has 1 amide bonds. The van der Waals surface area contributed by atoms with Gasteiger partial charge in [-0.15, -0.1) is 0 Å². The van der Waals surface area contributed by atoms with Crippen molar-refractivity contribution in [3.05, 3.63) is 24.0 Å². The Balaban J connectivity index is 1.33. The lowest BCUT2D eigenvalue weighted by Gasteiger charge is -2.44. The van der Waals surface area contributed by atoms with Gasteiger partial charge in [-0.3, -0.25) is 10.1 Å². The van der Waals surface area contributed by atoms with E-state index in [2.05, 4.69) is 26.3 Å². The van der Waals surface area contributed by atoms with Crippen molar-refractivity contribution in [2.24, 2.45) is 5.92 Å². The molecule has 0 aromatic carbocycles. The quantitative estimate of drug-likeness (QED) is 0.854. The first-order valence-corrected chi connectivity index (χ1v) is 10.2. The van der Waals surface area contributed by atoms with Crippen LogP contribution in [0.4, 0.5) is 5.69 Å². The van der Waals surface area contributed by atoms with Gasteiger partial charge in [-0.2, -0.15) is 5.26 Å². The third-order valence-corrected chi connectivity index (χ3v) is 6.74. The largest absolute Gasteiger partial charge is 0.349 e. The number of nitrogens with zero attached hydrogens (tertiary/aromatic N) is 4. The first-order valence-electron chi connectivity index (χ1n) is 10.2. The standard InChI is InChI=1S/C21H26N6O/c1-26-13-27(18-16-6-9-23-19(16)24-11-17(18)20(26)28)15-4-2-14(3-5-15)10-25-21(12-22)7-8-21/h6,9,11,14-15,25H,2-5,7-8,10,13H2,1H3,(H,23,24). The minimum atomic E-state index is -0.224. The maximum absolute atomic E-state index is 12.7. The van der Waals surface area contributed by atoms with Crippen molar-refractivity contribution < 1.29 is 4.79 Å². The summed E-state index contributed by atoms with van der Waals surface area (Å²) in [5, 5.41) is 13.8. The summed E-state index contributed by atoms with van der Waals surface area (Å²) in [7, 11) is 1.87. The molecule has 28 heavy (non-hydrogen) atoms. The number of anilines is 1. The van der Waals surface area contributed by atoms with E-state index >= 15 is 0 Å². The minimum absolute atomic E-state index is 0.0472. The van der Waals surface area contributed by atoms with Crippen molar-refractivity contribution in [2.75, 3.05) is 25.2 Å². The minimum Gasteiger partial charge on any atom is -0.349 e. The molecule has 7 nitrogen and oxygen atoms in total. The van der Waals surface area contributed by atoms with E-state index < -0.39 is 0 Å². The fourth-order valence-electron chi connectivity index (χ4n) is 4.78. The summed E-state index contributed by atoms with van der Waals surface area (Å²) in [4.78, 5) is 24.5. The second kappa shape index (κ2) is 6.49. The van der Waals surface area contributed by atoms with E-state index in [4.69, 9.17) is 0 Å². The molecule has 0 bridgehead atoms. The molecule has 0 spiro atoms. The number of rotatable bonds is 4. The number of carbonyl (C=O) groups excluding carboxylic acids is 1. The summed E-state index contributed by atoms with van der Waals surface area (Å²) < 4.78 is 0. The van der Waals surface area contributed by atoms with Crippen molar-refractivity contribution in [1.29, 1.82) is 5.26 Å². The van der Waals surface area contributed by atoms with Gasteiger partial charge in [0.25, 0.3) is 5.91 Å². The van der Waals surface area contributed by atoms with E-state index in [9.17, 15) is 10.1 Å². The summed E-state index contributed by atoms with van der Waals surface area (Å²) in [5.41, 5.74) is 2.36. The van der Waals surface area contributed by atoms with Crippen LogP contribution >= 0.6 is 0 Å². The Bertz CT molecular complexity index is 947. The Hall–Kier alpha value is -2.59. The Morgan fingerprint density at radius 3 is 2.86 bits per heavy atom. The Kier molecular flexibility index (Phi) is 4.06. The average molecular weight is 378 g/mol. The van der Waals surface area contributed by atoms with Gasteiger partial charge in [-0.05, 0) is 57.1 Å². The third-order valence-electron chi connectivity index (χ3n) is 6.74. The predicted octanol–water partition coefficient (Wildman–Crippen LogP) is 2.62.